The van der Waals surface area contributed by atoms with Gasteiger partial charge in [-0.25, -0.2) is 0 Å². The number of nitrogens with zero attached hydrogens (tertiary/aromatic N) is 1. The Kier molecular flexibility index (Phi) is 7.19. The third-order valence-corrected chi connectivity index (χ3v) is 4.67. The first-order valence-electron chi connectivity index (χ1n) is 9.92. The molecule has 0 radical (unpaired) electrons. The van der Waals surface area contributed by atoms with Gasteiger partial charge in [-0.3, -0.25) is 0 Å². The van der Waals surface area contributed by atoms with Crippen LogP contribution in [0.25, 0.3) is 0 Å². The third-order valence-electron chi connectivity index (χ3n) is 4.67. The molecule has 1 aliphatic heterocycles. The minimum absolute atomic E-state index is 0.179. The lowest BCUT2D eigenvalue weighted by Crippen LogP contribution is -2.38. The van der Waals surface area contributed by atoms with Crippen molar-refractivity contribution in [3.05, 3.63) is 47.5 Å². The Morgan fingerprint density at radius 3 is 2.48 bits per heavy atom. The van der Waals surface area contributed by atoms with Gasteiger partial charge in [-0.05, 0) is 49.7 Å². The Hall–Kier alpha value is -2.93. The van der Waals surface area contributed by atoms with Crippen molar-refractivity contribution < 1.29 is 24.1 Å². The average Bonchev–Trinajstić information content (AvgIpc) is 2.74. The van der Waals surface area contributed by atoms with E-state index in [2.05, 4.69) is 5.32 Å². The summed E-state index contributed by atoms with van der Waals surface area (Å²) in [4.78, 5) is 13.7. The molecule has 156 valence electrons. The van der Waals surface area contributed by atoms with Gasteiger partial charge >= 0.3 is 0 Å². The van der Waals surface area contributed by atoms with Gasteiger partial charge in [0.15, 0.2) is 11.5 Å². The van der Waals surface area contributed by atoms with Gasteiger partial charge in [0.2, 0.25) is 0 Å². The molecule has 1 aliphatic rings. The zero-order valence-corrected chi connectivity index (χ0v) is 16.9. The van der Waals surface area contributed by atoms with Crippen LogP contribution in [0, 0.1) is 0 Å². The molecule has 1 fully saturated rings. The molecule has 2 aromatic carbocycles. The smallest absolute Gasteiger partial charge is 0.161 e. The van der Waals surface area contributed by atoms with Crippen LogP contribution in [0.3, 0.4) is 0 Å². The Labute approximate surface area is 171 Å². The fraction of sp³-hybridized carbons (Fsp3) is 0.409. The second kappa shape index (κ2) is 10.0. The first-order chi connectivity index (χ1) is 14.1. The highest BCUT2D eigenvalue weighted by molar-refractivity contribution is 5.94. The van der Waals surface area contributed by atoms with E-state index in [9.17, 15) is 9.90 Å². The number of carbonyl (C=O) groups excluding carboxylic acids is 1. The van der Waals surface area contributed by atoms with Gasteiger partial charge in [0, 0.05) is 36.6 Å². The number of ether oxygens (including phenoxy) is 3. The first-order valence-corrected chi connectivity index (χ1v) is 9.92. The number of nitrogens with one attached hydrogen (secondary N) is 1. The van der Waals surface area contributed by atoms with Crippen LogP contribution in [0.5, 0.6) is 11.5 Å². The quantitative estimate of drug-likeness (QED) is 0.693. The number of aromatic carboxylic acids is 1. The first kappa shape index (κ1) is 20.8. The summed E-state index contributed by atoms with van der Waals surface area (Å²) in [5.41, 5.74) is 2.56. The van der Waals surface area contributed by atoms with Crippen LogP contribution < -0.4 is 24.8 Å². The van der Waals surface area contributed by atoms with Crippen LogP contribution in [0.15, 0.2) is 36.4 Å². The molecule has 0 atom stereocenters. The second-order valence-corrected chi connectivity index (χ2v) is 6.62. The number of anilines is 2. The molecule has 0 amide bonds. The summed E-state index contributed by atoms with van der Waals surface area (Å²) in [6.45, 7) is 8.01. The van der Waals surface area contributed by atoms with Crippen LogP contribution >= 0.6 is 0 Å². The summed E-state index contributed by atoms with van der Waals surface area (Å²) in [7, 11) is 0. The number of hydrogen-bond donors (Lipinski definition) is 1. The number of benzene rings is 2. The lowest BCUT2D eigenvalue weighted by Gasteiger charge is -2.31. The van der Waals surface area contributed by atoms with E-state index in [0.29, 0.717) is 68.9 Å². The van der Waals surface area contributed by atoms with Crippen LogP contribution in [0.4, 0.5) is 11.4 Å². The van der Waals surface area contributed by atoms with Gasteiger partial charge in [0.05, 0.1) is 32.4 Å². The molecule has 3 rings (SSSR count). The molecule has 0 spiro atoms. The lowest BCUT2D eigenvalue weighted by atomic mass is 10.1. The molecule has 0 unspecified atom stereocenters. The van der Waals surface area contributed by atoms with Gasteiger partial charge in [0.1, 0.15) is 0 Å². The molecule has 1 N–H and O–H groups in total. The van der Waals surface area contributed by atoms with E-state index in [4.69, 9.17) is 14.2 Å². The summed E-state index contributed by atoms with van der Waals surface area (Å²) in [6.07, 6.45) is 0. The predicted molar refractivity (Wildman–Crippen MR) is 110 cm³/mol. The number of carboxylic acid groups (broad SMARTS) is 1. The number of carboxylic acids is 1. The highest BCUT2D eigenvalue weighted by Crippen LogP contribution is 2.29. The second-order valence-electron chi connectivity index (χ2n) is 6.62. The van der Waals surface area contributed by atoms with E-state index in [1.54, 1.807) is 6.07 Å². The minimum Gasteiger partial charge on any atom is -0.545 e. The van der Waals surface area contributed by atoms with Gasteiger partial charge in [-0.15, -0.1) is 0 Å². The average molecular weight is 399 g/mol. The Bertz CT molecular complexity index is 834. The lowest BCUT2D eigenvalue weighted by molar-refractivity contribution is -0.254. The molecule has 0 aromatic heterocycles. The largest absolute Gasteiger partial charge is 0.545 e. The molecule has 1 saturated heterocycles. The van der Waals surface area contributed by atoms with Crippen molar-refractivity contribution in [3.63, 3.8) is 0 Å². The summed E-state index contributed by atoms with van der Waals surface area (Å²) in [5.74, 6) is 0.230. The zero-order valence-electron chi connectivity index (χ0n) is 16.9. The fourth-order valence-corrected chi connectivity index (χ4v) is 3.30. The van der Waals surface area contributed by atoms with E-state index in [-0.39, 0.29) is 5.56 Å². The number of hydrogen-bond acceptors (Lipinski definition) is 7. The Balaban J connectivity index is 1.74. The van der Waals surface area contributed by atoms with Crippen LogP contribution in [0.1, 0.15) is 29.8 Å². The summed E-state index contributed by atoms with van der Waals surface area (Å²) >= 11 is 0. The van der Waals surface area contributed by atoms with E-state index >= 15 is 0 Å². The number of rotatable bonds is 9. The van der Waals surface area contributed by atoms with Crippen molar-refractivity contribution in [1.29, 1.82) is 0 Å². The van der Waals surface area contributed by atoms with E-state index in [0.717, 1.165) is 5.56 Å². The van der Waals surface area contributed by atoms with Crippen molar-refractivity contribution in [2.24, 2.45) is 0 Å². The Morgan fingerprint density at radius 2 is 1.79 bits per heavy atom. The van der Waals surface area contributed by atoms with Crippen LogP contribution in [-0.2, 0) is 11.3 Å². The van der Waals surface area contributed by atoms with Crippen molar-refractivity contribution in [1.82, 2.24) is 0 Å². The van der Waals surface area contributed by atoms with Gasteiger partial charge in [0.25, 0.3) is 0 Å². The highest BCUT2D eigenvalue weighted by Gasteiger charge is 2.16. The standard InChI is InChI=1S/C22H28N2O5/c1-3-28-20-8-5-16(13-21(20)29-4-2)15-23-17-6-7-19(18(14-17)22(25)26)24-9-11-27-12-10-24/h5-8,13-14,23H,3-4,9-12,15H2,1-2H3,(H,25,26)/p-1. The molecule has 7 nitrogen and oxygen atoms in total. The maximum absolute atomic E-state index is 11.7. The predicted octanol–water partition coefficient (Wildman–Crippen LogP) is 2.30. The molecule has 29 heavy (non-hydrogen) atoms. The van der Waals surface area contributed by atoms with Crippen molar-refractivity contribution in [2.75, 3.05) is 49.7 Å². The monoisotopic (exact) mass is 399 g/mol. The molecule has 0 bridgehead atoms. The van der Waals surface area contributed by atoms with E-state index in [1.165, 1.54) is 0 Å². The normalized spacial score (nSPS) is 13.8. The minimum atomic E-state index is -1.19. The molecule has 7 heteroatoms. The highest BCUT2D eigenvalue weighted by atomic mass is 16.5. The fourth-order valence-electron chi connectivity index (χ4n) is 3.30. The zero-order chi connectivity index (χ0) is 20.6. The van der Waals surface area contributed by atoms with E-state index in [1.807, 2.05) is 49.1 Å². The van der Waals surface area contributed by atoms with Crippen molar-refractivity contribution >= 4 is 17.3 Å². The maximum atomic E-state index is 11.7. The summed E-state index contributed by atoms with van der Waals surface area (Å²) in [5, 5.41) is 15.0. The molecular weight excluding hydrogens is 372 g/mol. The summed E-state index contributed by atoms with van der Waals surface area (Å²) in [6, 6.07) is 11.1. The maximum Gasteiger partial charge on any atom is 0.161 e. The SMILES string of the molecule is CCOc1ccc(CNc2ccc(N3CCOCC3)c(C(=O)[O-])c2)cc1OCC. The molecule has 1 heterocycles. The van der Waals surface area contributed by atoms with Gasteiger partial charge in [-0.2, -0.15) is 0 Å². The third kappa shape index (κ3) is 5.32. The van der Waals surface area contributed by atoms with Crippen molar-refractivity contribution in [3.8, 4) is 11.5 Å². The Morgan fingerprint density at radius 1 is 1.07 bits per heavy atom. The topological polar surface area (TPSA) is 83.1 Å². The number of carbonyl (C=O) groups is 1. The summed E-state index contributed by atoms with van der Waals surface area (Å²) < 4.78 is 16.6. The van der Waals surface area contributed by atoms with Gasteiger partial charge < -0.3 is 34.3 Å². The van der Waals surface area contributed by atoms with Gasteiger partial charge in [-0.1, -0.05) is 6.07 Å². The molecule has 2 aromatic rings. The molecule has 0 aliphatic carbocycles. The van der Waals surface area contributed by atoms with Crippen LogP contribution in [0.2, 0.25) is 0 Å². The van der Waals surface area contributed by atoms with Crippen LogP contribution in [-0.4, -0.2) is 45.5 Å². The van der Waals surface area contributed by atoms with E-state index < -0.39 is 5.97 Å². The van der Waals surface area contributed by atoms with Crippen molar-refractivity contribution in [2.45, 2.75) is 20.4 Å². The number of morpholine rings is 1. The molecular formula is C22H27N2O5-. The molecule has 0 saturated carbocycles.